The fourth-order valence-corrected chi connectivity index (χ4v) is 4.54. The van der Waals surface area contributed by atoms with Crippen LogP contribution in [0.3, 0.4) is 0 Å². The van der Waals surface area contributed by atoms with E-state index in [2.05, 4.69) is 17.6 Å². The monoisotopic (exact) mass is 553 g/mol. The van der Waals surface area contributed by atoms with E-state index in [1.165, 1.54) is 18.2 Å². The lowest BCUT2D eigenvalue weighted by Gasteiger charge is -2.35. The van der Waals surface area contributed by atoms with Gasteiger partial charge in [-0.3, -0.25) is 9.59 Å². The molecule has 0 aromatic heterocycles. The third kappa shape index (κ3) is 8.89. The first kappa shape index (κ1) is 30.8. The number of nitrogens with one attached hydrogen (secondary N) is 2. The molecule has 2 aromatic rings. The predicted octanol–water partition coefficient (Wildman–Crippen LogP) is 4.88. The smallest absolute Gasteiger partial charge is 0.408 e. The summed E-state index contributed by atoms with van der Waals surface area (Å²) >= 11 is 0. The average Bonchev–Trinajstić information content (AvgIpc) is 3.71. The molecule has 3 amide bonds. The van der Waals surface area contributed by atoms with Crippen molar-refractivity contribution in [2.75, 3.05) is 6.54 Å². The molecule has 40 heavy (non-hydrogen) atoms. The van der Waals surface area contributed by atoms with E-state index in [0.29, 0.717) is 17.7 Å². The number of hydrogen-bond acceptors (Lipinski definition) is 6. The number of aryl methyl sites for hydroxylation is 1. The van der Waals surface area contributed by atoms with Crippen LogP contribution in [0.15, 0.2) is 42.5 Å². The van der Waals surface area contributed by atoms with Gasteiger partial charge in [-0.05, 0) is 87.9 Å². The summed E-state index contributed by atoms with van der Waals surface area (Å²) in [5.74, 6) is -0.510. The normalized spacial score (nSPS) is 14.6. The third-order valence-corrected chi connectivity index (χ3v) is 6.70. The number of unbranched alkanes of at least 4 members (excludes halogenated alkanes) is 2. The Morgan fingerprint density at radius 3 is 2.30 bits per heavy atom. The van der Waals surface area contributed by atoms with E-state index in [4.69, 9.17) is 4.74 Å². The third-order valence-electron chi connectivity index (χ3n) is 6.70. The van der Waals surface area contributed by atoms with Gasteiger partial charge in [0, 0.05) is 19.0 Å². The number of phenols is 2. The molecule has 9 nitrogen and oxygen atoms in total. The fraction of sp³-hybridized carbons (Fsp3) is 0.516. The number of ether oxygens (including phenoxy) is 1. The van der Waals surface area contributed by atoms with Gasteiger partial charge in [0.2, 0.25) is 11.8 Å². The second-order valence-electron chi connectivity index (χ2n) is 11.5. The standard InChI is InChI=1S/C31H43N3O6/c1-6-7-8-17-32-28(37)27(22-11-16-26(36)20(2)18-22)34(23-12-13-23)29(38)25(33-30(39)40-31(3,4)5)19-21-9-14-24(35)15-10-21/h9-11,14-16,18,23,25,27,35-36H,6-8,12-13,17,19H2,1-5H3,(H,32,37)(H,33,39). The molecule has 0 aliphatic heterocycles. The molecule has 2 aromatic carbocycles. The van der Waals surface area contributed by atoms with Gasteiger partial charge in [-0.1, -0.05) is 38.0 Å². The zero-order valence-corrected chi connectivity index (χ0v) is 24.2. The van der Waals surface area contributed by atoms with Crippen molar-refractivity contribution in [3.8, 4) is 11.5 Å². The summed E-state index contributed by atoms with van der Waals surface area (Å²) in [6.45, 7) is 9.54. The van der Waals surface area contributed by atoms with Crippen LogP contribution in [0.5, 0.6) is 11.5 Å². The van der Waals surface area contributed by atoms with Crippen LogP contribution in [-0.2, 0) is 20.7 Å². The molecule has 218 valence electrons. The van der Waals surface area contributed by atoms with E-state index in [9.17, 15) is 24.6 Å². The fourth-order valence-electron chi connectivity index (χ4n) is 4.54. The molecule has 4 N–H and O–H groups in total. The van der Waals surface area contributed by atoms with Crippen molar-refractivity contribution in [1.29, 1.82) is 0 Å². The number of phenolic OH excluding ortho intramolecular Hbond substituents is 2. The van der Waals surface area contributed by atoms with Gasteiger partial charge in [-0.15, -0.1) is 0 Å². The molecule has 1 aliphatic carbocycles. The number of carbonyl (C=O) groups excluding carboxylic acids is 3. The van der Waals surface area contributed by atoms with Crippen molar-refractivity contribution in [2.24, 2.45) is 0 Å². The highest BCUT2D eigenvalue weighted by Gasteiger charge is 2.44. The first-order chi connectivity index (χ1) is 18.9. The van der Waals surface area contributed by atoms with Crippen LogP contribution >= 0.6 is 0 Å². The molecule has 0 radical (unpaired) electrons. The molecule has 2 unspecified atom stereocenters. The molecule has 3 rings (SSSR count). The highest BCUT2D eigenvalue weighted by Crippen LogP contribution is 2.37. The Kier molecular flexibility index (Phi) is 10.4. The average molecular weight is 554 g/mol. The second-order valence-corrected chi connectivity index (χ2v) is 11.5. The summed E-state index contributed by atoms with van der Waals surface area (Å²) in [7, 11) is 0. The highest BCUT2D eigenvalue weighted by molar-refractivity contribution is 5.92. The lowest BCUT2D eigenvalue weighted by molar-refractivity contribution is -0.143. The van der Waals surface area contributed by atoms with E-state index in [1.54, 1.807) is 56.9 Å². The van der Waals surface area contributed by atoms with Crippen LogP contribution in [0.2, 0.25) is 0 Å². The molecule has 0 spiro atoms. The van der Waals surface area contributed by atoms with Gasteiger partial charge < -0.3 is 30.5 Å². The van der Waals surface area contributed by atoms with Gasteiger partial charge in [-0.25, -0.2) is 4.79 Å². The van der Waals surface area contributed by atoms with Crippen LogP contribution < -0.4 is 10.6 Å². The SMILES string of the molecule is CCCCCNC(=O)C(c1ccc(O)c(C)c1)N(C(=O)C(Cc1ccc(O)cc1)NC(=O)OC(C)(C)C)C1CC1. The molecule has 2 atom stereocenters. The van der Waals surface area contributed by atoms with E-state index in [1.807, 2.05) is 0 Å². The van der Waals surface area contributed by atoms with Crippen molar-refractivity contribution in [3.63, 3.8) is 0 Å². The number of aromatic hydroxyl groups is 2. The molecule has 1 fully saturated rings. The maximum Gasteiger partial charge on any atom is 0.408 e. The van der Waals surface area contributed by atoms with Crippen molar-refractivity contribution >= 4 is 17.9 Å². The zero-order valence-electron chi connectivity index (χ0n) is 24.2. The highest BCUT2D eigenvalue weighted by atomic mass is 16.6. The Balaban J connectivity index is 1.99. The summed E-state index contributed by atoms with van der Waals surface area (Å²) in [6, 6.07) is 9.22. The summed E-state index contributed by atoms with van der Waals surface area (Å²) in [6.07, 6.45) is 3.69. The number of hydrogen-bond donors (Lipinski definition) is 4. The van der Waals surface area contributed by atoms with E-state index >= 15 is 0 Å². The summed E-state index contributed by atoms with van der Waals surface area (Å²) in [4.78, 5) is 42.4. The van der Waals surface area contributed by atoms with Crippen LogP contribution in [0.1, 0.15) is 82.5 Å². The van der Waals surface area contributed by atoms with Gasteiger partial charge in [0.05, 0.1) is 0 Å². The number of benzene rings is 2. The van der Waals surface area contributed by atoms with Crippen LogP contribution in [0.4, 0.5) is 4.79 Å². The van der Waals surface area contributed by atoms with Gasteiger partial charge in [-0.2, -0.15) is 0 Å². The molecule has 1 saturated carbocycles. The van der Waals surface area contributed by atoms with Gasteiger partial charge >= 0.3 is 6.09 Å². The molecule has 0 heterocycles. The molecular formula is C31H43N3O6. The lowest BCUT2D eigenvalue weighted by atomic mass is 9.98. The van der Waals surface area contributed by atoms with E-state index in [-0.39, 0.29) is 29.9 Å². The Morgan fingerprint density at radius 1 is 1.05 bits per heavy atom. The minimum Gasteiger partial charge on any atom is -0.508 e. The van der Waals surface area contributed by atoms with Gasteiger partial charge in [0.25, 0.3) is 0 Å². The molecule has 0 saturated heterocycles. The topological polar surface area (TPSA) is 128 Å². The Morgan fingerprint density at radius 2 is 1.73 bits per heavy atom. The largest absolute Gasteiger partial charge is 0.508 e. The molecule has 0 bridgehead atoms. The molecule has 9 heteroatoms. The number of nitrogens with zero attached hydrogens (tertiary/aromatic N) is 1. The number of rotatable bonds is 12. The molecule has 1 aliphatic rings. The predicted molar refractivity (Wildman–Crippen MR) is 153 cm³/mol. The van der Waals surface area contributed by atoms with Crippen molar-refractivity contribution in [3.05, 3.63) is 59.2 Å². The van der Waals surface area contributed by atoms with Crippen molar-refractivity contribution in [2.45, 2.75) is 96.9 Å². The number of carbonyl (C=O) groups is 3. The first-order valence-electron chi connectivity index (χ1n) is 14.1. The minimum absolute atomic E-state index is 0.0915. The van der Waals surface area contributed by atoms with Gasteiger partial charge in [0.1, 0.15) is 29.2 Å². The second kappa shape index (κ2) is 13.5. The maximum atomic E-state index is 14.3. The number of amides is 3. The summed E-state index contributed by atoms with van der Waals surface area (Å²) in [5.41, 5.74) is 1.14. The first-order valence-corrected chi connectivity index (χ1v) is 14.1. The maximum absolute atomic E-state index is 14.3. The Hall–Kier alpha value is -3.75. The quantitative estimate of drug-likeness (QED) is 0.277. The van der Waals surface area contributed by atoms with Crippen molar-refractivity contribution < 1.29 is 29.3 Å². The van der Waals surface area contributed by atoms with Crippen LogP contribution in [0, 0.1) is 6.92 Å². The van der Waals surface area contributed by atoms with Crippen LogP contribution in [-0.4, -0.2) is 57.3 Å². The van der Waals surface area contributed by atoms with Crippen molar-refractivity contribution in [1.82, 2.24) is 15.5 Å². The van der Waals surface area contributed by atoms with E-state index < -0.39 is 29.7 Å². The lowest BCUT2D eigenvalue weighted by Crippen LogP contribution is -2.54. The Bertz CT molecular complexity index is 1170. The molecular weight excluding hydrogens is 510 g/mol. The van der Waals surface area contributed by atoms with Gasteiger partial charge in [0.15, 0.2) is 0 Å². The number of alkyl carbamates (subject to hydrolysis) is 1. The Labute approximate surface area is 236 Å². The summed E-state index contributed by atoms with van der Waals surface area (Å²) in [5, 5.41) is 25.6. The minimum atomic E-state index is -1.02. The van der Waals surface area contributed by atoms with Crippen LogP contribution in [0.25, 0.3) is 0 Å². The zero-order chi connectivity index (χ0) is 29.4. The summed E-state index contributed by atoms with van der Waals surface area (Å²) < 4.78 is 5.46. The van der Waals surface area contributed by atoms with E-state index in [0.717, 1.165) is 37.7 Å².